The molecule has 5 nitrogen and oxygen atoms in total. The molecule has 0 spiro atoms. The van der Waals surface area contributed by atoms with Crippen molar-refractivity contribution in [2.75, 3.05) is 24.5 Å². The lowest BCUT2D eigenvalue weighted by Gasteiger charge is -2.32. The average Bonchev–Trinajstić information content (AvgIpc) is 2.69. The molecule has 1 saturated heterocycles. The number of anilines is 1. The summed E-state index contributed by atoms with van der Waals surface area (Å²) in [5, 5.41) is 3.02. The van der Waals surface area contributed by atoms with E-state index in [1.165, 1.54) is 12.1 Å². The number of unbranched alkanes of at least 4 members (excludes halogenated alkanes) is 1. The summed E-state index contributed by atoms with van der Waals surface area (Å²) in [5.74, 6) is 0.497. The summed E-state index contributed by atoms with van der Waals surface area (Å²) in [7, 11) is 0. The van der Waals surface area contributed by atoms with E-state index >= 15 is 0 Å². The highest BCUT2D eigenvalue weighted by atomic mass is 19.1. The largest absolute Gasteiger partial charge is 0.356 e. The van der Waals surface area contributed by atoms with Crippen LogP contribution in [0.1, 0.15) is 32.6 Å². The van der Waals surface area contributed by atoms with E-state index < -0.39 is 0 Å². The van der Waals surface area contributed by atoms with Crippen LogP contribution in [0.4, 0.5) is 10.3 Å². The maximum atomic E-state index is 13.0. The minimum atomic E-state index is -0.261. The molecule has 1 N–H and O–H groups in total. The van der Waals surface area contributed by atoms with Gasteiger partial charge in [0.15, 0.2) is 0 Å². The number of aromatic nitrogens is 2. The molecule has 0 aliphatic carbocycles. The summed E-state index contributed by atoms with van der Waals surface area (Å²) in [4.78, 5) is 23.3. The molecule has 1 aromatic carbocycles. The first-order valence-electron chi connectivity index (χ1n) is 9.28. The molecule has 1 aromatic heterocycles. The highest BCUT2D eigenvalue weighted by molar-refractivity contribution is 5.79. The molecule has 1 aliphatic heterocycles. The zero-order valence-corrected chi connectivity index (χ0v) is 15.1. The lowest BCUT2D eigenvalue weighted by atomic mass is 9.97. The predicted octanol–water partition coefficient (Wildman–Crippen LogP) is 3.42. The molecule has 1 unspecified atom stereocenters. The molecule has 1 atom stereocenters. The van der Waals surface area contributed by atoms with E-state index in [1.807, 2.05) is 0 Å². The van der Waals surface area contributed by atoms with Crippen molar-refractivity contribution in [3.63, 3.8) is 0 Å². The standard InChI is InChI=1S/C20H25FN4O/c1-2-3-10-22-19(26)16-5-4-11-25(14-16)20-23-12-17(13-24-20)15-6-8-18(21)9-7-15/h6-9,12-13,16H,2-5,10-11,14H2,1H3,(H,22,26). The maximum absolute atomic E-state index is 13.0. The average molecular weight is 356 g/mol. The Bertz CT molecular complexity index is 718. The zero-order chi connectivity index (χ0) is 18.4. The molecule has 1 amide bonds. The molecule has 0 bridgehead atoms. The molecule has 1 fully saturated rings. The van der Waals surface area contributed by atoms with Gasteiger partial charge in [-0.3, -0.25) is 4.79 Å². The van der Waals surface area contributed by atoms with E-state index in [1.54, 1.807) is 24.5 Å². The fourth-order valence-electron chi connectivity index (χ4n) is 3.18. The van der Waals surface area contributed by atoms with Crippen molar-refractivity contribution in [3.8, 4) is 11.1 Å². The zero-order valence-electron chi connectivity index (χ0n) is 15.1. The van der Waals surface area contributed by atoms with Crippen LogP contribution in [0.3, 0.4) is 0 Å². The third-order valence-corrected chi connectivity index (χ3v) is 4.72. The topological polar surface area (TPSA) is 58.1 Å². The number of halogens is 1. The molecule has 0 saturated carbocycles. The van der Waals surface area contributed by atoms with Gasteiger partial charge in [0, 0.05) is 37.6 Å². The Morgan fingerprint density at radius 1 is 1.23 bits per heavy atom. The number of amides is 1. The van der Waals surface area contributed by atoms with Crippen LogP contribution in [0.5, 0.6) is 0 Å². The number of carbonyl (C=O) groups excluding carboxylic acids is 1. The number of rotatable bonds is 6. The van der Waals surface area contributed by atoms with Gasteiger partial charge in [0.1, 0.15) is 5.82 Å². The molecule has 26 heavy (non-hydrogen) atoms. The first-order chi connectivity index (χ1) is 12.7. The van der Waals surface area contributed by atoms with Crippen molar-refractivity contribution in [1.29, 1.82) is 0 Å². The molecule has 2 heterocycles. The van der Waals surface area contributed by atoms with Crippen molar-refractivity contribution >= 4 is 11.9 Å². The van der Waals surface area contributed by atoms with E-state index in [-0.39, 0.29) is 17.6 Å². The third-order valence-electron chi connectivity index (χ3n) is 4.72. The van der Waals surface area contributed by atoms with Gasteiger partial charge in [0.05, 0.1) is 5.92 Å². The van der Waals surface area contributed by atoms with E-state index in [9.17, 15) is 9.18 Å². The molecule has 1 aliphatic rings. The number of nitrogens with one attached hydrogen (secondary N) is 1. The van der Waals surface area contributed by atoms with Crippen molar-refractivity contribution in [2.24, 2.45) is 5.92 Å². The monoisotopic (exact) mass is 356 g/mol. The van der Waals surface area contributed by atoms with Gasteiger partial charge in [-0.2, -0.15) is 0 Å². The predicted molar refractivity (Wildman–Crippen MR) is 100 cm³/mol. The number of nitrogens with zero attached hydrogens (tertiary/aromatic N) is 3. The second kappa shape index (κ2) is 8.74. The minimum Gasteiger partial charge on any atom is -0.356 e. The molecule has 0 radical (unpaired) electrons. The van der Waals surface area contributed by atoms with Gasteiger partial charge in [0.25, 0.3) is 0 Å². The summed E-state index contributed by atoms with van der Waals surface area (Å²) >= 11 is 0. The molecular formula is C20H25FN4O. The molecular weight excluding hydrogens is 331 g/mol. The van der Waals surface area contributed by atoms with Gasteiger partial charge in [-0.05, 0) is 37.0 Å². The van der Waals surface area contributed by atoms with Gasteiger partial charge < -0.3 is 10.2 Å². The van der Waals surface area contributed by atoms with E-state index in [4.69, 9.17) is 0 Å². The smallest absolute Gasteiger partial charge is 0.225 e. The number of hydrogen-bond acceptors (Lipinski definition) is 4. The van der Waals surface area contributed by atoms with Crippen molar-refractivity contribution < 1.29 is 9.18 Å². The van der Waals surface area contributed by atoms with Crippen LogP contribution in [-0.2, 0) is 4.79 Å². The van der Waals surface area contributed by atoms with Crippen LogP contribution in [-0.4, -0.2) is 35.5 Å². The van der Waals surface area contributed by atoms with Gasteiger partial charge in [-0.15, -0.1) is 0 Å². The lowest BCUT2D eigenvalue weighted by molar-refractivity contribution is -0.125. The van der Waals surface area contributed by atoms with E-state index in [0.717, 1.165) is 49.9 Å². The number of piperidine rings is 1. The second-order valence-electron chi connectivity index (χ2n) is 6.71. The number of hydrogen-bond donors (Lipinski definition) is 1. The third kappa shape index (κ3) is 4.56. The molecule has 138 valence electrons. The highest BCUT2D eigenvalue weighted by Crippen LogP contribution is 2.23. The van der Waals surface area contributed by atoms with Crippen molar-refractivity contribution in [2.45, 2.75) is 32.6 Å². The van der Waals surface area contributed by atoms with Crippen LogP contribution in [0.2, 0.25) is 0 Å². The Morgan fingerprint density at radius 3 is 2.65 bits per heavy atom. The Morgan fingerprint density at radius 2 is 1.96 bits per heavy atom. The Labute approximate surface area is 153 Å². The quantitative estimate of drug-likeness (QED) is 0.806. The number of benzene rings is 1. The van der Waals surface area contributed by atoms with Gasteiger partial charge in [-0.1, -0.05) is 25.5 Å². The first kappa shape index (κ1) is 18.3. The Kier molecular flexibility index (Phi) is 6.15. The molecule has 3 rings (SSSR count). The van der Waals surface area contributed by atoms with Crippen LogP contribution >= 0.6 is 0 Å². The first-order valence-corrected chi connectivity index (χ1v) is 9.28. The van der Waals surface area contributed by atoms with E-state index in [0.29, 0.717) is 12.5 Å². The normalized spacial score (nSPS) is 17.2. The van der Waals surface area contributed by atoms with Crippen LogP contribution in [0.25, 0.3) is 11.1 Å². The minimum absolute atomic E-state index is 0.0130. The van der Waals surface area contributed by atoms with Gasteiger partial charge in [0.2, 0.25) is 11.9 Å². The highest BCUT2D eigenvalue weighted by Gasteiger charge is 2.26. The lowest BCUT2D eigenvalue weighted by Crippen LogP contribution is -2.43. The molecule has 2 aromatic rings. The van der Waals surface area contributed by atoms with Gasteiger partial charge >= 0.3 is 0 Å². The van der Waals surface area contributed by atoms with Crippen molar-refractivity contribution in [1.82, 2.24) is 15.3 Å². The Balaban J connectivity index is 1.63. The summed E-state index contributed by atoms with van der Waals surface area (Å²) in [5.41, 5.74) is 1.73. The summed E-state index contributed by atoms with van der Waals surface area (Å²) in [6, 6.07) is 6.28. The SMILES string of the molecule is CCCCNC(=O)C1CCCN(c2ncc(-c3ccc(F)cc3)cn2)C1. The van der Waals surface area contributed by atoms with Crippen molar-refractivity contribution in [3.05, 3.63) is 42.5 Å². The Hall–Kier alpha value is -2.50. The second-order valence-corrected chi connectivity index (χ2v) is 6.71. The van der Waals surface area contributed by atoms with Crippen LogP contribution in [0.15, 0.2) is 36.7 Å². The maximum Gasteiger partial charge on any atom is 0.225 e. The summed E-state index contributed by atoms with van der Waals surface area (Å²) in [6.07, 6.45) is 7.44. The molecule has 6 heteroatoms. The number of carbonyl (C=O) groups is 1. The van der Waals surface area contributed by atoms with Gasteiger partial charge in [-0.25, -0.2) is 14.4 Å². The fraction of sp³-hybridized carbons (Fsp3) is 0.450. The van der Waals surface area contributed by atoms with Crippen LogP contribution in [0, 0.1) is 11.7 Å². The summed E-state index contributed by atoms with van der Waals surface area (Å²) < 4.78 is 13.0. The fourth-order valence-corrected chi connectivity index (χ4v) is 3.18. The van der Waals surface area contributed by atoms with Crippen LogP contribution < -0.4 is 10.2 Å². The van der Waals surface area contributed by atoms with E-state index in [2.05, 4.69) is 27.1 Å². The summed E-state index contributed by atoms with van der Waals surface area (Å²) in [6.45, 7) is 4.36.